The summed E-state index contributed by atoms with van der Waals surface area (Å²) in [5, 5.41) is 1.09. The highest BCUT2D eigenvalue weighted by molar-refractivity contribution is 7.99. The summed E-state index contributed by atoms with van der Waals surface area (Å²) in [6.07, 6.45) is 5.54. The van der Waals surface area contributed by atoms with E-state index >= 15 is 0 Å². The van der Waals surface area contributed by atoms with Gasteiger partial charge in [-0.05, 0) is 41.3 Å². The number of carbonyl (C=O) groups is 1. The van der Waals surface area contributed by atoms with Crippen LogP contribution in [0.4, 0.5) is 0 Å². The molecular formula is C21H24N4OS. The van der Waals surface area contributed by atoms with Crippen LogP contribution in [0, 0.1) is 0 Å². The highest BCUT2D eigenvalue weighted by Gasteiger charge is 2.23. The van der Waals surface area contributed by atoms with E-state index in [0.29, 0.717) is 12.1 Å². The number of hydrazine groups is 1. The van der Waals surface area contributed by atoms with Gasteiger partial charge in [0.1, 0.15) is 0 Å². The maximum absolute atomic E-state index is 12.6. The molecule has 0 fully saturated rings. The second-order valence-corrected chi connectivity index (χ2v) is 7.58. The fourth-order valence-electron chi connectivity index (χ4n) is 2.99. The van der Waals surface area contributed by atoms with Gasteiger partial charge in [-0.3, -0.25) is 15.2 Å². The molecule has 0 saturated carbocycles. The first-order chi connectivity index (χ1) is 13.1. The van der Waals surface area contributed by atoms with Crippen molar-refractivity contribution in [1.82, 2.24) is 20.4 Å². The zero-order chi connectivity index (χ0) is 19.2. The van der Waals surface area contributed by atoms with Crippen LogP contribution >= 0.6 is 11.8 Å². The van der Waals surface area contributed by atoms with Crippen molar-refractivity contribution >= 4 is 17.7 Å². The molecule has 1 amide bonds. The molecule has 2 aromatic heterocycles. The topological polar surface area (TPSA) is 58.9 Å². The fraction of sp³-hybridized carbons (Fsp3) is 0.238. The van der Waals surface area contributed by atoms with Gasteiger partial charge in [0.15, 0.2) is 0 Å². The van der Waals surface area contributed by atoms with E-state index in [0.717, 1.165) is 21.0 Å². The Morgan fingerprint density at radius 3 is 2.48 bits per heavy atom. The summed E-state index contributed by atoms with van der Waals surface area (Å²) in [6, 6.07) is 14.2. The average molecular weight is 381 g/mol. The van der Waals surface area contributed by atoms with Gasteiger partial charge in [0.25, 0.3) is 5.91 Å². The first kappa shape index (κ1) is 19.2. The molecule has 27 heavy (non-hydrogen) atoms. The van der Waals surface area contributed by atoms with Crippen molar-refractivity contribution in [1.29, 1.82) is 0 Å². The van der Waals surface area contributed by atoms with Gasteiger partial charge in [0, 0.05) is 37.1 Å². The largest absolute Gasteiger partial charge is 0.337 e. The van der Waals surface area contributed by atoms with E-state index < -0.39 is 0 Å². The van der Waals surface area contributed by atoms with Crippen LogP contribution in [0.1, 0.15) is 41.3 Å². The molecule has 140 valence electrons. The number of benzene rings is 1. The summed E-state index contributed by atoms with van der Waals surface area (Å²) in [5.41, 5.74) is 8.35. The summed E-state index contributed by atoms with van der Waals surface area (Å²) in [6.45, 7) is 4.93. The Labute approximate surface area is 164 Å². The Morgan fingerprint density at radius 2 is 1.85 bits per heavy atom. The summed E-state index contributed by atoms with van der Waals surface area (Å²) in [7, 11) is 1.69. The van der Waals surface area contributed by atoms with Crippen LogP contribution in [0.25, 0.3) is 0 Å². The molecule has 0 aliphatic heterocycles. The lowest BCUT2D eigenvalue weighted by Gasteiger charge is -2.14. The van der Waals surface area contributed by atoms with Crippen molar-refractivity contribution in [2.75, 3.05) is 7.05 Å². The van der Waals surface area contributed by atoms with Gasteiger partial charge in [-0.25, -0.2) is 5.43 Å². The molecule has 2 heterocycles. The third-order valence-corrected chi connectivity index (χ3v) is 5.34. The standard InChI is InChI=1S/C21H24N4OS/c1-15(2)19-18(20(26)24-22-3)14-25(13-16-9-11-23-12-10-16)21(19)27-17-7-5-4-6-8-17/h4-12,14-15,22H,13H2,1-3H3,(H,24,26). The monoisotopic (exact) mass is 380 g/mol. The number of hydrogen-bond acceptors (Lipinski definition) is 4. The van der Waals surface area contributed by atoms with Gasteiger partial charge >= 0.3 is 0 Å². The minimum absolute atomic E-state index is 0.121. The zero-order valence-corrected chi connectivity index (χ0v) is 16.6. The second kappa shape index (κ2) is 8.88. The smallest absolute Gasteiger partial charge is 0.267 e. The average Bonchev–Trinajstić information content (AvgIpc) is 3.02. The normalized spacial score (nSPS) is 11.0. The molecule has 0 radical (unpaired) electrons. The highest BCUT2D eigenvalue weighted by Crippen LogP contribution is 2.37. The molecule has 0 spiro atoms. The van der Waals surface area contributed by atoms with E-state index in [1.165, 1.54) is 0 Å². The fourth-order valence-corrected chi connectivity index (χ4v) is 4.20. The lowest BCUT2D eigenvalue weighted by Crippen LogP contribution is -2.34. The number of carbonyl (C=O) groups excluding carboxylic acids is 1. The summed E-state index contributed by atoms with van der Waals surface area (Å²) in [4.78, 5) is 17.9. The summed E-state index contributed by atoms with van der Waals surface area (Å²) >= 11 is 1.69. The van der Waals surface area contributed by atoms with Crippen molar-refractivity contribution in [2.24, 2.45) is 0 Å². The Kier molecular flexibility index (Phi) is 6.32. The predicted molar refractivity (Wildman–Crippen MR) is 109 cm³/mol. The van der Waals surface area contributed by atoms with Gasteiger partial charge in [-0.15, -0.1) is 0 Å². The number of nitrogens with zero attached hydrogens (tertiary/aromatic N) is 2. The molecule has 1 aromatic carbocycles. The lowest BCUT2D eigenvalue weighted by molar-refractivity contribution is 0.0936. The van der Waals surface area contributed by atoms with Crippen LogP contribution in [0.5, 0.6) is 0 Å². The number of pyridine rings is 1. The van der Waals surface area contributed by atoms with Crippen LogP contribution in [0.15, 0.2) is 71.0 Å². The van der Waals surface area contributed by atoms with Gasteiger partial charge < -0.3 is 4.57 Å². The Morgan fingerprint density at radius 1 is 1.15 bits per heavy atom. The predicted octanol–water partition coefficient (Wildman–Crippen LogP) is 4.07. The molecule has 0 bridgehead atoms. The molecule has 6 heteroatoms. The van der Waals surface area contributed by atoms with Gasteiger partial charge in [-0.2, -0.15) is 0 Å². The Bertz CT molecular complexity index is 891. The first-order valence-electron chi connectivity index (χ1n) is 8.92. The molecule has 0 aliphatic rings. The van der Waals surface area contributed by atoms with Crippen molar-refractivity contribution in [2.45, 2.75) is 36.2 Å². The molecule has 0 atom stereocenters. The van der Waals surface area contributed by atoms with E-state index in [1.54, 1.807) is 31.2 Å². The van der Waals surface area contributed by atoms with Crippen LogP contribution in [0.2, 0.25) is 0 Å². The van der Waals surface area contributed by atoms with Gasteiger partial charge in [-0.1, -0.05) is 43.8 Å². The van der Waals surface area contributed by atoms with Crippen molar-refractivity contribution < 1.29 is 4.79 Å². The SMILES string of the molecule is CNNC(=O)c1cn(Cc2ccncc2)c(Sc2ccccc2)c1C(C)C. The molecule has 3 aromatic rings. The second-order valence-electron chi connectivity index (χ2n) is 6.52. The number of amides is 1. The van der Waals surface area contributed by atoms with Crippen LogP contribution in [-0.4, -0.2) is 22.5 Å². The van der Waals surface area contributed by atoms with E-state index in [1.807, 2.05) is 36.5 Å². The minimum atomic E-state index is -0.121. The number of rotatable bonds is 7. The van der Waals surface area contributed by atoms with Crippen LogP contribution in [0.3, 0.4) is 0 Å². The first-order valence-corrected chi connectivity index (χ1v) is 9.73. The minimum Gasteiger partial charge on any atom is -0.337 e. The van der Waals surface area contributed by atoms with Crippen LogP contribution in [-0.2, 0) is 6.54 Å². The van der Waals surface area contributed by atoms with E-state index in [9.17, 15) is 4.79 Å². The quantitative estimate of drug-likeness (QED) is 0.607. The lowest BCUT2D eigenvalue weighted by atomic mass is 10.0. The summed E-state index contributed by atoms with van der Waals surface area (Å²) in [5.74, 6) is 0.0945. The van der Waals surface area contributed by atoms with E-state index in [-0.39, 0.29) is 11.8 Å². The summed E-state index contributed by atoms with van der Waals surface area (Å²) < 4.78 is 2.16. The van der Waals surface area contributed by atoms with Crippen molar-refractivity contribution in [3.63, 3.8) is 0 Å². The maximum Gasteiger partial charge on any atom is 0.267 e. The number of hydrogen-bond donors (Lipinski definition) is 2. The maximum atomic E-state index is 12.6. The van der Waals surface area contributed by atoms with Crippen LogP contribution < -0.4 is 10.9 Å². The Balaban J connectivity index is 2.08. The van der Waals surface area contributed by atoms with Gasteiger partial charge in [0.05, 0.1) is 10.6 Å². The molecule has 3 rings (SSSR count). The molecular weight excluding hydrogens is 356 g/mol. The molecule has 5 nitrogen and oxygen atoms in total. The van der Waals surface area contributed by atoms with Crippen molar-refractivity contribution in [3.05, 3.63) is 77.7 Å². The highest BCUT2D eigenvalue weighted by atomic mass is 32.2. The number of aromatic nitrogens is 2. The molecule has 0 saturated heterocycles. The van der Waals surface area contributed by atoms with E-state index in [2.05, 4.69) is 46.4 Å². The zero-order valence-electron chi connectivity index (χ0n) is 15.8. The number of nitrogens with one attached hydrogen (secondary N) is 2. The third kappa shape index (κ3) is 4.59. The molecule has 0 unspecified atom stereocenters. The molecule has 0 aliphatic carbocycles. The third-order valence-electron chi connectivity index (χ3n) is 4.19. The van der Waals surface area contributed by atoms with Crippen molar-refractivity contribution in [3.8, 4) is 0 Å². The van der Waals surface area contributed by atoms with E-state index in [4.69, 9.17) is 0 Å². The van der Waals surface area contributed by atoms with Gasteiger partial charge in [0.2, 0.25) is 0 Å². The Hall–Kier alpha value is -2.57. The molecule has 2 N–H and O–H groups in total.